The maximum absolute atomic E-state index is 13.1. The van der Waals surface area contributed by atoms with Gasteiger partial charge in [0.25, 0.3) is 0 Å². The molecule has 5 heteroatoms. The van der Waals surface area contributed by atoms with Gasteiger partial charge in [0.05, 0.1) is 10.8 Å². The van der Waals surface area contributed by atoms with Crippen molar-refractivity contribution in [3.63, 3.8) is 0 Å². The molecule has 0 saturated carbocycles. The highest BCUT2D eigenvalue weighted by Crippen LogP contribution is 2.33. The molecule has 0 bridgehead atoms. The molecule has 4 atom stereocenters. The zero-order valence-corrected chi connectivity index (χ0v) is 19.1. The number of hydrogen-bond donors (Lipinski definition) is 0. The highest BCUT2D eigenvalue weighted by molar-refractivity contribution is 6.21. The summed E-state index contributed by atoms with van der Waals surface area (Å²) in [4.78, 5) is 13.1. The summed E-state index contributed by atoms with van der Waals surface area (Å²) in [5, 5.41) is -0.476. The number of hydrogen-bond acceptors (Lipinski definition) is 1. The molecule has 164 valence electrons. The van der Waals surface area contributed by atoms with E-state index in [-0.39, 0.29) is 40.0 Å². The predicted octanol–water partition coefficient (Wildman–Crippen LogP) is 8.41. The van der Waals surface area contributed by atoms with E-state index in [4.69, 9.17) is 23.2 Å². The van der Waals surface area contributed by atoms with Crippen LogP contribution < -0.4 is 0 Å². The first kappa shape index (κ1) is 24.8. The third-order valence-corrected chi connectivity index (χ3v) is 6.73. The number of carbonyl (C=O) groups is 1. The monoisotopic (exact) mass is 454 g/mol. The Bertz CT molecular complexity index is 711. The van der Waals surface area contributed by atoms with Crippen LogP contribution in [0.4, 0.5) is 8.78 Å². The molecule has 0 fully saturated rings. The Hall–Kier alpha value is -1.45. The van der Waals surface area contributed by atoms with Gasteiger partial charge in [-0.1, -0.05) is 38.1 Å². The van der Waals surface area contributed by atoms with Crippen LogP contribution in [0.1, 0.15) is 74.3 Å². The van der Waals surface area contributed by atoms with Gasteiger partial charge in [0.2, 0.25) is 0 Å². The van der Waals surface area contributed by atoms with Crippen molar-refractivity contribution in [1.82, 2.24) is 0 Å². The Morgan fingerprint density at radius 1 is 0.700 bits per heavy atom. The van der Waals surface area contributed by atoms with Crippen LogP contribution in [0, 0.1) is 23.5 Å². The van der Waals surface area contributed by atoms with Gasteiger partial charge in [0.1, 0.15) is 17.4 Å². The lowest BCUT2D eigenvalue weighted by Gasteiger charge is -2.22. The second-order valence-corrected chi connectivity index (χ2v) is 8.86. The first-order valence-corrected chi connectivity index (χ1v) is 11.6. The molecule has 0 spiro atoms. The van der Waals surface area contributed by atoms with Gasteiger partial charge in [0, 0.05) is 11.8 Å². The topological polar surface area (TPSA) is 17.1 Å². The summed E-state index contributed by atoms with van der Waals surface area (Å²) in [6, 6.07) is 12.4. The van der Waals surface area contributed by atoms with E-state index in [1.807, 2.05) is 13.8 Å². The van der Waals surface area contributed by atoms with E-state index in [2.05, 4.69) is 0 Å². The van der Waals surface area contributed by atoms with Crippen LogP contribution in [0.25, 0.3) is 0 Å². The van der Waals surface area contributed by atoms with Gasteiger partial charge in [-0.3, -0.25) is 4.79 Å². The van der Waals surface area contributed by atoms with Gasteiger partial charge in [0.15, 0.2) is 0 Å². The Labute approximate surface area is 188 Å². The summed E-state index contributed by atoms with van der Waals surface area (Å²) < 4.78 is 26.2. The molecule has 2 aromatic rings. The molecule has 0 aliphatic rings. The minimum Gasteiger partial charge on any atom is -0.299 e. The lowest BCUT2D eigenvalue weighted by Crippen LogP contribution is -2.23. The Kier molecular flexibility index (Phi) is 10.3. The average molecular weight is 455 g/mol. The molecular formula is C25H30Cl2F2O. The first-order valence-electron chi connectivity index (χ1n) is 10.7. The Morgan fingerprint density at radius 3 is 1.33 bits per heavy atom. The number of ketones is 1. The van der Waals surface area contributed by atoms with Gasteiger partial charge in [-0.15, -0.1) is 23.2 Å². The highest BCUT2D eigenvalue weighted by Gasteiger charge is 2.26. The standard InChI is InChI=1S/C25H30Cl2F2O/c1-3-17(9-15-23(26)19-5-11-21(28)12-6-19)25(30)18(4-2)10-16-24(27)20-7-13-22(29)14-8-20/h5-8,11-14,17-18,23-24H,3-4,9-10,15-16H2,1-2H3. The summed E-state index contributed by atoms with van der Waals surface area (Å²) in [6.07, 6.45) is 4.29. The van der Waals surface area contributed by atoms with Gasteiger partial charge in [-0.05, 0) is 73.9 Å². The number of alkyl halides is 2. The minimum absolute atomic E-state index is 0.0451. The van der Waals surface area contributed by atoms with Crippen molar-refractivity contribution in [1.29, 1.82) is 0 Å². The quantitative estimate of drug-likeness (QED) is 0.294. The highest BCUT2D eigenvalue weighted by atomic mass is 35.5. The predicted molar refractivity (Wildman–Crippen MR) is 121 cm³/mol. The molecule has 0 radical (unpaired) electrons. The van der Waals surface area contributed by atoms with Crippen molar-refractivity contribution < 1.29 is 13.6 Å². The fourth-order valence-electron chi connectivity index (χ4n) is 3.80. The normalized spacial score (nSPS) is 15.4. The maximum Gasteiger partial charge on any atom is 0.139 e. The van der Waals surface area contributed by atoms with Crippen molar-refractivity contribution in [2.75, 3.05) is 0 Å². The maximum atomic E-state index is 13.1. The Morgan fingerprint density at radius 2 is 1.03 bits per heavy atom. The van der Waals surface area contributed by atoms with E-state index in [1.54, 1.807) is 24.3 Å². The number of carbonyl (C=O) groups excluding carboxylic acids is 1. The van der Waals surface area contributed by atoms with Crippen LogP contribution >= 0.6 is 23.2 Å². The van der Waals surface area contributed by atoms with E-state index in [0.29, 0.717) is 25.7 Å². The molecule has 0 amide bonds. The molecule has 2 aromatic carbocycles. The van der Waals surface area contributed by atoms with E-state index in [1.165, 1.54) is 24.3 Å². The van der Waals surface area contributed by atoms with Crippen LogP contribution in [0.5, 0.6) is 0 Å². The summed E-state index contributed by atoms with van der Waals surface area (Å²) in [6.45, 7) is 4.05. The second-order valence-electron chi connectivity index (χ2n) is 7.81. The first-order chi connectivity index (χ1) is 14.3. The van der Waals surface area contributed by atoms with Gasteiger partial charge >= 0.3 is 0 Å². The molecule has 4 unspecified atom stereocenters. The Balaban J connectivity index is 1.89. The van der Waals surface area contributed by atoms with Crippen molar-refractivity contribution in [3.05, 3.63) is 71.3 Å². The molecule has 0 aliphatic heterocycles. The summed E-state index contributed by atoms with van der Waals surface area (Å²) in [5.41, 5.74) is 1.74. The fraction of sp³-hybridized carbons (Fsp3) is 0.480. The number of rotatable bonds is 12. The van der Waals surface area contributed by atoms with Crippen LogP contribution in [0.3, 0.4) is 0 Å². The molecule has 2 rings (SSSR count). The second kappa shape index (κ2) is 12.4. The summed E-state index contributed by atoms with van der Waals surface area (Å²) in [5.74, 6) is -0.389. The SMILES string of the molecule is CCC(CCC(Cl)c1ccc(F)cc1)C(=O)C(CC)CCC(Cl)c1ccc(F)cc1. The van der Waals surface area contributed by atoms with Crippen molar-refractivity contribution in [2.45, 2.75) is 63.1 Å². The zero-order valence-electron chi connectivity index (χ0n) is 17.6. The molecule has 0 heterocycles. The fourth-order valence-corrected chi connectivity index (χ4v) is 4.34. The minimum atomic E-state index is -0.284. The molecule has 30 heavy (non-hydrogen) atoms. The van der Waals surface area contributed by atoms with Crippen LogP contribution in [0.15, 0.2) is 48.5 Å². The molecule has 0 aromatic heterocycles. The number of halogens is 4. The van der Waals surface area contributed by atoms with Gasteiger partial charge in [-0.25, -0.2) is 8.78 Å². The largest absolute Gasteiger partial charge is 0.299 e. The third-order valence-electron chi connectivity index (χ3n) is 5.79. The van der Waals surface area contributed by atoms with Gasteiger partial charge < -0.3 is 0 Å². The van der Waals surface area contributed by atoms with Gasteiger partial charge in [-0.2, -0.15) is 0 Å². The van der Waals surface area contributed by atoms with E-state index < -0.39 is 0 Å². The third kappa shape index (κ3) is 7.35. The molecule has 1 nitrogen and oxygen atoms in total. The number of benzene rings is 2. The molecule has 0 saturated heterocycles. The summed E-state index contributed by atoms with van der Waals surface area (Å²) >= 11 is 13.0. The number of Topliss-reactive ketones (excluding diaryl/α,β-unsaturated/α-hetero) is 1. The summed E-state index contributed by atoms with van der Waals surface area (Å²) in [7, 11) is 0. The zero-order chi connectivity index (χ0) is 22.1. The molecule has 0 aliphatic carbocycles. The van der Waals surface area contributed by atoms with Crippen LogP contribution in [-0.2, 0) is 4.79 Å². The lowest BCUT2D eigenvalue weighted by molar-refractivity contribution is -0.127. The van der Waals surface area contributed by atoms with Crippen molar-refractivity contribution >= 4 is 29.0 Å². The van der Waals surface area contributed by atoms with Crippen LogP contribution in [-0.4, -0.2) is 5.78 Å². The smallest absolute Gasteiger partial charge is 0.139 e. The molecular weight excluding hydrogens is 425 g/mol. The van der Waals surface area contributed by atoms with Crippen LogP contribution in [0.2, 0.25) is 0 Å². The molecule has 0 N–H and O–H groups in total. The van der Waals surface area contributed by atoms with E-state index >= 15 is 0 Å². The van der Waals surface area contributed by atoms with Crippen molar-refractivity contribution in [3.8, 4) is 0 Å². The van der Waals surface area contributed by atoms with E-state index in [0.717, 1.165) is 24.0 Å². The van der Waals surface area contributed by atoms with Crippen molar-refractivity contribution in [2.24, 2.45) is 11.8 Å². The lowest BCUT2D eigenvalue weighted by atomic mass is 9.83. The van der Waals surface area contributed by atoms with E-state index in [9.17, 15) is 13.6 Å². The average Bonchev–Trinajstić information content (AvgIpc) is 2.75.